The molecule has 5 aromatic rings. The average Bonchev–Trinajstić information content (AvgIpc) is 3.35. The molecule has 7 heteroatoms. The maximum absolute atomic E-state index is 13.1. The molecule has 204 valence electrons. The molecule has 2 aromatic heterocycles. The molecule has 1 aliphatic carbocycles. The summed E-state index contributed by atoms with van der Waals surface area (Å²) in [5.74, 6) is 2.17. The van der Waals surface area contributed by atoms with Crippen LogP contribution in [0.2, 0.25) is 0 Å². The van der Waals surface area contributed by atoms with E-state index >= 15 is 0 Å². The zero-order valence-corrected chi connectivity index (χ0v) is 23.2. The number of carbonyl (C=O) groups excluding carboxylic acids is 1. The zero-order chi connectivity index (χ0) is 27.5. The number of aromatic nitrogens is 3. The van der Waals surface area contributed by atoms with Crippen LogP contribution in [0.4, 0.5) is 11.8 Å². The molecular formula is C33H36N6O. The van der Waals surface area contributed by atoms with Crippen molar-refractivity contribution in [2.75, 3.05) is 30.9 Å². The number of fused-ring (bicyclic) bond motifs is 2. The maximum Gasteiger partial charge on any atom is 0.225 e. The summed E-state index contributed by atoms with van der Waals surface area (Å²) in [6, 6.07) is 26.9. The van der Waals surface area contributed by atoms with Crippen LogP contribution in [0, 0.1) is 5.92 Å². The number of nitrogens with zero attached hydrogens (tertiary/aromatic N) is 3. The molecule has 0 atom stereocenters. The van der Waals surface area contributed by atoms with Crippen molar-refractivity contribution in [1.82, 2.24) is 20.3 Å². The standard InChI is InChI=1S/C33H36N6O/c1-39(2)32-26-13-7-9-15-29(26)37-33(38-32)35-24-18-16-22(17-19-24)21-34-30(40)20-27-25-12-6-8-14-28(25)36-31(27)23-10-4-3-5-11-23/h3-15,22,24,36H,16-21H2,1-2H3,(H,34,40)(H,35,37,38). The van der Waals surface area contributed by atoms with Gasteiger partial charge in [-0.3, -0.25) is 4.79 Å². The van der Waals surface area contributed by atoms with Crippen molar-refractivity contribution in [2.45, 2.75) is 38.1 Å². The molecule has 40 heavy (non-hydrogen) atoms. The first-order chi connectivity index (χ1) is 19.5. The number of rotatable bonds is 8. The lowest BCUT2D eigenvalue weighted by atomic mass is 9.86. The Kier molecular flexibility index (Phi) is 7.36. The molecule has 0 unspecified atom stereocenters. The number of para-hydroxylation sites is 2. The second kappa shape index (κ2) is 11.4. The fourth-order valence-corrected chi connectivity index (χ4v) is 5.87. The van der Waals surface area contributed by atoms with E-state index in [1.54, 1.807) is 0 Å². The number of carbonyl (C=O) groups is 1. The van der Waals surface area contributed by atoms with Gasteiger partial charge in [0.25, 0.3) is 0 Å². The van der Waals surface area contributed by atoms with E-state index in [4.69, 9.17) is 9.97 Å². The van der Waals surface area contributed by atoms with Crippen molar-refractivity contribution in [2.24, 2.45) is 5.92 Å². The summed E-state index contributed by atoms with van der Waals surface area (Å²) in [7, 11) is 4.03. The topological polar surface area (TPSA) is 85.9 Å². The van der Waals surface area contributed by atoms with Crippen LogP contribution in [-0.4, -0.2) is 47.5 Å². The first-order valence-corrected chi connectivity index (χ1v) is 14.2. The van der Waals surface area contributed by atoms with Crippen LogP contribution in [0.15, 0.2) is 78.9 Å². The van der Waals surface area contributed by atoms with Crippen molar-refractivity contribution in [3.63, 3.8) is 0 Å². The van der Waals surface area contributed by atoms with Gasteiger partial charge in [-0.05, 0) is 60.9 Å². The summed E-state index contributed by atoms with van der Waals surface area (Å²) in [6.45, 7) is 0.714. The molecule has 1 saturated carbocycles. The average molecular weight is 533 g/mol. The Bertz CT molecular complexity index is 1620. The highest BCUT2D eigenvalue weighted by molar-refractivity contribution is 5.95. The van der Waals surface area contributed by atoms with Gasteiger partial charge in [0.05, 0.1) is 17.6 Å². The summed E-state index contributed by atoms with van der Waals surface area (Å²) in [4.78, 5) is 28.3. The minimum absolute atomic E-state index is 0.0722. The highest BCUT2D eigenvalue weighted by Gasteiger charge is 2.23. The first-order valence-electron chi connectivity index (χ1n) is 14.2. The molecular weight excluding hydrogens is 496 g/mol. The second-order valence-electron chi connectivity index (χ2n) is 11.0. The SMILES string of the molecule is CN(C)c1nc(NC2CCC(CNC(=O)Cc3c(-c4ccccc4)[nH]c4ccccc34)CC2)nc2ccccc12. The zero-order valence-electron chi connectivity index (χ0n) is 23.2. The Morgan fingerprint density at radius 2 is 1.57 bits per heavy atom. The summed E-state index contributed by atoms with van der Waals surface area (Å²) < 4.78 is 0. The minimum atomic E-state index is 0.0722. The van der Waals surface area contributed by atoms with Gasteiger partial charge in [-0.25, -0.2) is 4.98 Å². The summed E-state index contributed by atoms with van der Waals surface area (Å²) >= 11 is 0. The van der Waals surface area contributed by atoms with Crippen molar-refractivity contribution in [3.05, 3.63) is 84.4 Å². The Morgan fingerprint density at radius 3 is 2.35 bits per heavy atom. The molecule has 0 bridgehead atoms. The fourth-order valence-electron chi connectivity index (χ4n) is 5.87. The van der Waals surface area contributed by atoms with Crippen molar-refractivity contribution in [1.29, 1.82) is 0 Å². The van der Waals surface area contributed by atoms with Crippen molar-refractivity contribution in [3.8, 4) is 11.3 Å². The third-order valence-electron chi connectivity index (χ3n) is 7.99. The molecule has 3 N–H and O–H groups in total. The molecule has 0 saturated heterocycles. The monoisotopic (exact) mass is 532 g/mol. The van der Waals surface area contributed by atoms with E-state index in [9.17, 15) is 4.79 Å². The number of H-pyrrole nitrogens is 1. The van der Waals surface area contributed by atoms with Crippen molar-refractivity contribution >= 4 is 39.5 Å². The molecule has 6 rings (SSSR count). The van der Waals surface area contributed by atoms with E-state index in [2.05, 4.69) is 45.9 Å². The fraction of sp³-hybridized carbons (Fsp3) is 0.303. The van der Waals surface area contributed by atoms with E-state index in [0.29, 0.717) is 30.9 Å². The van der Waals surface area contributed by atoms with Crippen LogP contribution < -0.4 is 15.5 Å². The van der Waals surface area contributed by atoms with Crippen LogP contribution in [0.5, 0.6) is 0 Å². The van der Waals surface area contributed by atoms with Gasteiger partial charge in [0.1, 0.15) is 5.82 Å². The van der Waals surface area contributed by atoms with Crippen molar-refractivity contribution < 1.29 is 4.79 Å². The molecule has 3 aromatic carbocycles. The predicted molar refractivity (Wildman–Crippen MR) is 164 cm³/mol. The Hall–Kier alpha value is -4.39. The molecule has 1 amide bonds. The normalized spacial score (nSPS) is 17.1. The number of aromatic amines is 1. The van der Waals surface area contributed by atoms with Gasteiger partial charge in [-0.15, -0.1) is 0 Å². The van der Waals surface area contributed by atoms with E-state index in [1.165, 1.54) is 0 Å². The summed E-state index contributed by atoms with van der Waals surface area (Å²) in [5, 5.41) is 8.98. The van der Waals surface area contributed by atoms with E-state index in [-0.39, 0.29) is 5.91 Å². The summed E-state index contributed by atoms with van der Waals surface area (Å²) in [6.07, 6.45) is 4.56. The largest absolute Gasteiger partial charge is 0.362 e. The number of nitrogens with one attached hydrogen (secondary N) is 3. The lowest BCUT2D eigenvalue weighted by Gasteiger charge is -2.29. The van der Waals surface area contributed by atoms with Crippen LogP contribution in [0.25, 0.3) is 33.1 Å². The van der Waals surface area contributed by atoms with Crippen LogP contribution in [0.1, 0.15) is 31.2 Å². The van der Waals surface area contributed by atoms with Gasteiger partial charge < -0.3 is 20.5 Å². The van der Waals surface area contributed by atoms with Gasteiger partial charge in [0.2, 0.25) is 11.9 Å². The quantitative estimate of drug-likeness (QED) is 0.222. The second-order valence-corrected chi connectivity index (χ2v) is 11.0. The molecule has 1 fully saturated rings. The third-order valence-corrected chi connectivity index (χ3v) is 7.99. The van der Waals surface area contributed by atoms with Crippen LogP contribution >= 0.6 is 0 Å². The Morgan fingerprint density at radius 1 is 0.875 bits per heavy atom. The Labute approximate surface area is 235 Å². The molecule has 2 heterocycles. The predicted octanol–water partition coefficient (Wildman–Crippen LogP) is 6.17. The van der Waals surface area contributed by atoms with Gasteiger partial charge in [-0.2, -0.15) is 4.98 Å². The third kappa shape index (κ3) is 5.50. The van der Waals surface area contributed by atoms with Crippen LogP contribution in [0.3, 0.4) is 0 Å². The van der Waals surface area contributed by atoms with E-state index < -0.39 is 0 Å². The van der Waals surface area contributed by atoms with Gasteiger partial charge in [-0.1, -0.05) is 60.7 Å². The highest BCUT2D eigenvalue weighted by atomic mass is 16.1. The first kappa shape index (κ1) is 25.9. The van der Waals surface area contributed by atoms with Gasteiger partial charge >= 0.3 is 0 Å². The number of benzene rings is 3. The van der Waals surface area contributed by atoms with E-state index in [0.717, 1.165) is 70.1 Å². The number of hydrogen-bond donors (Lipinski definition) is 3. The molecule has 0 spiro atoms. The van der Waals surface area contributed by atoms with Gasteiger partial charge in [0.15, 0.2) is 0 Å². The lowest BCUT2D eigenvalue weighted by Crippen LogP contribution is -2.35. The smallest absolute Gasteiger partial charge is 0.225 e. The van der Waals surface area contributed by atoms with Crippen LogP contribution in [-0.2, 0) is 11.2 Å². The minimum Gasteiger partial charge on any atom is -0.362 e. The maximum atomic E-state index is 13.1. The Balaban J connectivity index is 1.05. The molecule has 0 aliphatic heterocycles. The highest BCUT2D eigenvalue weighted by Crippen LogP contribution is 2.31. The number of amides is 1. The van der Waals surface area contributed by atoms with E-state index in [1.807, 2.05) is 67.5 Å². The summed E-state index contributed by atoms with van der Waals surface area (Å²) in [5.41, 5.74) is 5.19. The molecule has 7 nitrogen and oxygen atoms in total. The number of hydrogen-bond acceptors (Lipinski definition) is 5. The van der Waals surface area contributed by atoms with Gasteiger partial charge in [0, 0.05) is 43.0 Å². The number of anilines is 2. The molecule has 0 radical (unpaired) electrons. The molecule has 1 aliphatic rings. The lowest BCUT2D eigenvalue weighted by molar-refractivity contribution is -0.120.